The molecular formula is C27H38O6. The van der Waals surface area contributed by atoms with Crippen LogP contribution in [0.15, 0.2) is 48.6 Å². The molecule has 3 rings (SSSR count). The van der Waals surface area contributed by atoms with E-state index in [1.807, 2.05) is 38.1 Å². The van der Waals surface area contributed by atoms with E-state index in [0.717, 1.165) is 30.4 Å². The predicted octanol–water partition coefficient (Wildman–Crippen LogP) is 4.04. The van der Waals surface area contributed by atoms with Crippen LogP contribution in [0.3, 0.4) is 0 Å². The number of aliphatic hydroxyl groups is 2. The molecule has 0 amide bonds. The number of benzene rings is 1. The molecule has 0 radical (unpaired) electrons. The van der Waals surface area contributed by atoms with Crippen LogP contribution < -0.4 is 0 Å². The van der Waals surface area contributed by atoms with E-state index in [4.69, 9.17) is 14.6 Å². The Kier molecular flexibility index (Phi) is 9.27. The van der Waals surface area contributed by atoms with E-state index >= 15 is 0 Å². The molecular weight excluding hydrogens is 420 g/mol. The topological polar surface area (TPSA) is 96.2 Å². The predicted molar refractivity (Wildman–Crippen MR) is 127 cm³/mol. The van der Waals surface area contributed by atoms with E-state index in [2.05, 4.69) is 18.2 Å². The SMILES string of the molecule is CC(C)OCCc1cccc(CC2(O)C=C[C@H]3[C@@H](O)CC(O2)[C@@H]3CC=CCCCC(=O)O)c1. The van der Waals surface area contributed by atoms with Gasteiger partial charge in [0, 0.05) is 25.2 Å². The third-order valence-corrected chi connectivity index (χ3v) is 6.45. The minimum absolute atomic E-state index is 0.0628. The molecule has 6 heteroatoms. The molecule has 1 heterocycles. The monoisotopic (exact) mass is 458 g/mol. The fourth-order valence-electron chi connectivity index (χ4n) is 4.82. The molecule has 1 aromatic rings. The van der Waals surface area contributed by atoms with Crippen molar-refractivity contribution in [3.8, 4) is 0 Å². The summed E-state index contributed by atoms with van der Waals surface area (Å²) >= 11 is 0. The molecule has 1 aliphatic carbocycles. The van der Waals surface area contributed by atoms with Crippen molar-refractivity contribution in [3.63, 3.8) is 0 Å². The van der Waals surface area contributed by atoms with Crippen LogP contribution in [0.2, 0.25) is 0 Å². The highest BCUT2D eigenvalue weighted by Gasteiger charge is 2.47. The van der Waals surface area contributed by atoms with Gasteiger partial charge in [-0.2, -0.15) is 0 Å². The molecule has 2 unspecified atom stereocenters. The number of carboxylic acids is 1. The van der Waals surface area contributed by atoms with E-state index < -0.39 is 17.9 Å². The highest BCUT2D eigenvalue weighted by Crippen LogP contribution is 2.43. The van der Waals surface area contributed by atoms with Crippen LogP contribution in [0.5, 0.6) is 0 Å². The lowest BCUT2D eigenvalue weighted by molar-refractivity contribution is -0.202. The maximum absolute atomic E-state index is 11.3. The lowest BCUT2D eigenvalue weighted by Crippen LogP contribution is -2.37. The summed E-state index contributed by atoms with van der Waals surface area (Å²) in [5.74, 6) is -2.16. The van der Waals surface area contributed by atoms with Gasteiger partial charge < -0.3 is 24.8 Å². The number of hydrogen-bond donors (Lipinski definition) is 3. The quantitative estimate of drug-likeness (QED) is 0.323. The summed E-state index contributed by atoms with van der Waals surface area (Å²) in [6.45, 7) is 4.71. The normalized spacial score (nSPS) is 29.1. The smallest absolute Gasteiger partial charge is 0.303 e. The van der Waals surface area contributed by atoms with Gasteiger partial charge in [-0.3, -0.25) is 4.79 Å². The molecule has 3 N–H and O–H groups in total. The van der Waals surface area contributed by atoms with E-state index in [0.29, 0.717) is 25.9 Å². The molecule has 0 saturated heterocycles. The number of hydrogen-bond acceptors (Lipinski definition) is 5. The first-order chi connectivity index (χ1) is 15.8. The fourth-order valence-corrected chi connectivity index (χ4v) is 4.82. The maximum atomic E-state index is 11.3. The summed E-state index contributed by atoms with van der Waals surface area (Å²) in [4.78, 5) is 10.6. The summed E-state index contributed by atoms with van der Waals surface area (Å²) in [7, 11) is 0. The van der Waals surface area contributed by atoms with Crippen molar-refractivity contribution in [3.05, 3.63) is 59.7 Å². The summed E-state index contributed by atoms with van der Waals surface area (Å²) in [5, 5.41) is 30.5. The second kappa shape index (κ2) is 11.9. The molecule has 1 saturated carbocycles. The molecule has 0 aromatic heterocycles. The summed E-state index contributed by atoms with van der Waals surface area (Å²) in [5.41, 5.74) is 2.16. The van der Waals surface area contributed by atoms with Gasteiger partial charge in [0.1, 0.15) is 0 Å². The zero-order chi connectivity index (χ0) is 23.8. The Morgan fingerprint density at radius 3 is 2.85 bits per heavy atom. The molecule has 1 aromatic carbocycles. The Morgan fingerprint density at radius 2 is 2.09 bits per heavy atom. The second-order valence-electron chi connectivity index (χ2n) is 9.56. The third-order valence-electron chi connectivity index (χ3n) is 6.45. The van der Waals surface area contributed by atoms with Crippen molar-refractivity contribution in [2.24, 2.45) is 11.8 Å². The Morgan fingerprint density at radius 1 is 1.30 bits per heavy atom. The van der Waals surface area contributed by atoms with E-state index in [1.165, 1.54) is 0 Å². The molecule has 1 fully saturated rings. The molecule has 1 aliphatic heterocycles. The average Bonchev–Trinajstić information content (AvgIpc) is 2.94. The Hall–Kier alpha value is -1.99. The molecule has 6 nitrogen and oxygen atoms in total. The molecule has 182 valence electrons. The first-order valence-corrected chi connectivity index (χ1v) is 12.1. The summed E-state index contributed by atoms with van der Waals surface area (Å²) in [6, 6.07) is 8.15. The fraction of sp³-hybridized carbons (Fsp3) is 0.593. The van der Waals surface area contributed by atoms with Gasteiger partial charge in [0.25, 0.3) is 0 Å². The number of aliphatic carboxylic acids is 1. The lowest BCUT2D eigenvalue weighted by atomic mass is 9.90. The average molecular weight is 459 g/mol. The Labute approximate surface area is 196 Å². The van der Waals surface area contributed by atoms with Crippen LogP contribution >= 0.6 is 0 Å². The van der Waals surface area contributed by atoms with Crippen molar-refractivity contribution in [1.82, 2.24) is 0 Å². The van der Waals surface area contributed by atoms with Crippen LogP contribution in [0.1, 0.15) is 57.1 Å². The van der Waals surface area contributed by atoms with Gasteiger partial charge in [-0.25, -0.2) is 0 Å². The number of rotatable bonds is 12. The summed E-state index contributed by atoms with van der Waals surface area (Å²) < 4.78 is 11.9. The van der Waals surface area contributed by atoms with Gasteiger partial charge in [0.2, 0.25) is 0 Å². The number of allylic oxidation sites excluding steroid dienone is 2. The number of carbonyl (C=O) groups is 1. The van der Waals surface area contributed by atoms with E-state index in [9.17, 15) is 15.0 Å². The van der Waals surface area contributed by atoms with Crippen molar-refractivity contribution in [2.75, 3.05) is 6.61 Å². The van der Waals surface area contributed by atoms with Crippen molar-refractivity contribution in [2.45, 2.75) is 82.9 Å². The van der Waals surface area contributed by atoms with Gasteiger partial charge in [-0.15, -0.1) is 0 Å². The van der Waals surface area contributed by atoms with Gasteiger partial charge >= 0.3 is 5.97 Å². The Bertz CT molecular complexity index is 832. The number of ether oxygens (including phenoxy) is 2. The van der Waals surface area contributed by atoms with Crippen LogP contribution in [0.4, 0.5) is 0 Å². The molecule has 2 aliphatic rings. The zero-order valence-electron chi connectivity index (χ0n) is 19.7. The maximum Gasteiger partial charge on any atom is 0.303 e. The van der Waals surface area contributed by atoms with Gasteiger partial charge in [0.05, 0.1) is 24.9 Å². The van der Waals surface area contributed by atoms with Crippen molar-refractivity contribution < 1.29 is 29.6 Å². The van der Waals surface area contributed by atoms with Crippen LogP contribution in [-0.4, -0.2) is 52.0 Å². The van der Waals surface area contributed by atoms with Crippen LogP contribution in [0.25, 0.3) is 0 Å². The second-order valence-corrected chi connectivity index (χ2v) is 9.56. The number of aliphatic hydroxyl groups excluding tert-OH is 1. The highest BCUT2D eigenvalue weighted by atomic mass is 16.6. The number of fused-ring (bicyclic) bond motifs is 2. The standard InChI is InChI=1S/C27H38O6/c1-19(2)32-15-13-20-8-7-9-21(16-20)18-27(31)14-12-22-23(25(33-27)17-24(22)28)10-5-3-4-6-11-26(29)30/h3,5,7-9,12,14,16,19,22-25,28,31H,4,6,10-11,13,15,17-18H2,1-2H3,(H,29,30)/t22-,23-,24+,25?,27?/m1/s1. The first-order valence-electron chi connectivity index (χ1n) is 12.1. The highest BCUT2D eigenvalue weighted by molar-refractivity contribution is 5.66. The van der Waals surface area contributed by atoms with E-state index in [-0.39, 0.29) is 30.5 Å². The first kappa shape index (κ1) is 25.6. The molecule has 0 spiro atoms. The molecule has 5 atom stereocenters. The van der Waals surface area contributed by atoms with Gasteiger partial charge in [-0.1, -0.05) is 42.5 Å². The molecule has 33 heavy (non-hydrogen) atoms. The van der Waals surface area contributed by atoms with E-state index in [1.54, 1.807) is 6.08 Å². The third kappa shape index (κ3) is 7.78. The Balaban J connectivity index is 1.60. The van der Waals surface area contributed by atoms with Crippen LogP contribution in [0, 0.1) is 11.8 Å². The number of unbranched alkanes of at least 4 members (excludes halogenated alkanes) is 1. The largest absolute Gasteiger partial charge is 0.481 e. The molecule has 2 bridgehead atoms. The lowest BCUT2D eigenvalue weighted by Gasteiger charge is -2.30. The van der Waals surface area contributed by atoms with Crippen LogP contribution in [-0.2, 0) is 27.1 Å². The minimum Gasteiger partial charge on any atom is -0.481 e. The van der Waals surface area contributed by atoms with Gasteiger partial charge in [0.15, 0.2) is 5.79 Å². The van der Waals surface area contributed by atoms with Crippen molar-refractivity contribution >= 4 is 5.97 Å². The number of carboxylic acid groups (broad SMARTS) is 1. The van der Waals surface area contributed by atoms with Crippen molar-refractivity contribution in [1.29, 1.82) is 0 Å². The summed E-state index contributed by atoms with van der Waals surface area (Å²) in [6.07, 6.45) is 11.1. The zero-order valence-corrected chi connectivity index (χ0v) is 19.7. The minimum atomic E-state index is -1.41. The van der Waals surface area contributed by atoms with Gasteiger partial charge in [-0.05, 0) is 62.7 Å².